The predicted molar refractivity (Wildman–Crippen MR) is 137 cm³/mol. The maximum atomic E-state index is 16.0. The SMILES string of the molecule is C=CC(=O)OCC(F)(OC(F)(F)C(C(F)(F)OC(F)(CO)C(F)(F)F)(C(F)(F)OC(F)(COC(=O)C=C)C(F)(F)F)C(F)(F)OC(F)(COC(=O)C=C)C(F)(F)F)C(F)(F)F. The van der Waals surface area contributed by atoms with Crippen LogP contribution in [0.2, 0.25) is 0 Å². The molecule has 0 fully saturated rings. The maximum absolute atomic E-state index is 16.0. The van der Waals surface area contributed by atoms with Gasteiger partial charge in [0, 0.05) is 18.2 Å². The van der Waals surface area contributed by atoms with Crippen LogP contribution in [0.15, 0.2) is 38.0 Å². The van der Waals surface area contributed by atoms with Crippen molar-refractivity contribution in [2.45, 2.75) is 72.6 Å². The van der Waals surface area contributed by atoms with Crippen LogP contribution in [0.5, 0.6) is 0 Å². The van der Waals surface area contributed by atoms with Crippen molar-refractivity contribution in [2.24, 2.45) is 5.41 Å². The van der Waals surface area contributed by atoms with Gasteiger partial charge in [0.1, 0.15) is 6.61 Å². The lowest BCUT2D eigenvalue weighted by atomic mass is 9.80. The molecule has 356 valence electrons. The molecule has 0 heterocycles. The number of aliphatic hydroxyl groups excluding tert-OH is 1. The predicted octanol–water partition coefficient (Wildman–Crippen LogP) is 7.50. The van der Waals surface area contributed by atoms with Crippen LogP contribution in [0.25, 0.3) is 0 Å². The summed E-state index contributed by atoms with van der Waals surface area (Å²) < 4.78 is 369. The second kappa shape index (κ2) is 17.9. The summed E-state index contributed by atoms with van der Waals surface area (Å²) >= 11 is 0. The van der Waals surface area contributed by atoms with Crippen LogP contribution in [0.4, 0.5) is 105 Å². The number of esters is 3. The summed E-state index contributed by atoms with van der Waals surface area (Å²) in [7, 11) is 0. The molecular weight excluding hydrogens is 944 g/mol. The van der Waals surface area contributed by atoms with E-state index in [0.29, 0.717) is 0 Å². The minimum absolute atomic E-state index is 0.410. The van der Waals surface area contributed by atoms with Gasteiger partial charge in [-0.25, -0.2) is 14.4 Å². The Kier molecular flexibility index (Phi) is 16.6. The molecule has 4 atom stereocenters. The normalized spacial score (nSPS) is 18.8. The minimum atomic E-state index is -9.83. The van der Waals surface area contributed by atoms with E-state index in [-0.39, 0.29) is 0 Å². The van der Waals surface area contributed by atoms with Gasteiger partial charge in [-0.3, -0.25) is 18.9 Å². The van der Waals surface area contributed by atoms with Crippen molar-refractivity contribution in [1.82, 2.24) is 0 Å². The molecule has 0 aromatic carbocycles. The van der Waals surface area contributed by atoms with Crippen LogP contribution < -0.4 is 0 Å². The average molecular weight is 962 g/mol. The van der Waals surface area contributed by atoms with Gasteiger partial charge in [0.05, 0.1) is 0 Å². The Morgan fingerprint density at radius 2 is 0.557 bits per heavy atom. The Morgan fingerprint density at radius 3 is 0.705 bits per heavy atom. The van der Waals surface area contributed by atoms with E-state index in [0.717, 1.165) is 0 Å². The fourth-order valence-corrected chi connectivity index (χ4v) is 3.49. The first-order valence-corrected chi connectivity index (χ1v) is 14.1. The molecule has 0 radical (unpaired) electrons. The number of carbonyl (C=O) groups is 3. The van der Waals surface area contributed by atoms with E-state index >= 15 is 48.3 Å². The van der Waals surface area contributed by atoms with Crippen LogP contribution >= 0.6 is 0 Å². The maximum Gasteiger partial charge on any atom is 0.452 e. The number of ether oxygens (including phenoxy) is 7. The van der Waals surface area contributed by atoms with Crippen LogP contribution in [0, 0.1) is 5.41 Å². The summed E-state index contributed by atoms with van der Waals surface area (Å²) in [5.41, 5.74) is -9.83. The Hall–Kier alpha value is -4.25. The number of hydrogen-bond donors (Lipinski definition) is 1. The number of alkyl halides is 24. The molecule has 0 spiro atoms. The highest BCUT2D eigenvalue weighted by Crippen LogP contribution is 2.70. The molecule has 0 aromatic heterocycles. The van der Waals surface area contributed by atoms with E-state index in [1.807, 2.05) is 14.2 Å². The smallest absolute Gasteiger partial charge is 0.452 e. The quantitative estimate of drug-likeness (QED) is 0.0500. The summed E-state index contributed by atoms with van der Waals surface area (Å²) in [6.07, 6.45) is -69.8. The molecule has 0 saturated heterocycles. The first-order chi connectivity index (χ1) is 26.8. The van der Waals surface area contributed by atoms with Crippen molar-refractivity contribution in [3.8, 4) is 0 Å². The van der Waals surface area contributed by atoms with Crippen LogP contribution in [0.1, 0.15) is 0 Å². The zero-order chi connectivity index (χ0) is 49.1. The lowest BCUT2D eigenvalue weighted by Crippen LogP contribution is -2.79. The molecule has 61 heavy (non-hydrogen) atoms. The van der Waals surface area contributed by atoms with Gasteiger partial charge in [0.25, 0.3) is 0 Å². The molecule has 0 bridgehead atoms. The van der Waals surface area contributed by atoms with Gasteiger partial charge in [-0.1, -0.05) is 19.7 Å². The number of carbonyl (C=O) groups excluding carboxylic acids is 3. The number of aliphatic hydroxyl groups is 1. The molecule has 35 heteroatoms. The Balaban J connectivity index is 9.45. The van der Waals surface area contributed by atoms with Gasteiger partial charge in [0.15, 0.2) is 19.8 Å². The molecule has 0 aliphatic heterocycles. The molecule has 0 aliphatic carbocycles. The molecule has 0 saturated carbocycles. The lowest BCUT2D eigenvalue weighted by molar-refractivity contribution is -0.615. The average Bonchev–Trinajstić information content (AvgIpc) is 3.04. The summed E-state index contributed by atoms with van der Waals surface area (Å²) in [5.74, 6) is -37.2. The van der Waals surface area contributed by atoms with Crippen molar-refractivity contribution in [1.29, 1.82) is 0 Å². The van der Waals surface area contributed by atoms with Crippen molar-refractivity contribution >= 4 is 17.9 Å². The van der Waals surface area contributed by atoms with E-state index in [1.54, 1.807) is 4.74 Å². The summed E-state index contributed by atoms with van der Waals surface area (Å²) in [5, 5.41) is 8.67. The molecule has 11 nitrogen and oxygen atoms in total. The van der Waals surface area contributed by atoms with E-state index in [1.165, 1.54) is 0 Å². The highest BCUT2D eigenvalue weighted by molar-refractivity contribution is 5.81. The summed E-state index contributed by atoms with van der Waals surface area (Å²) in [6, 6.07) is 0. The fourth-order valence-electron chi connectivity index (χ4n) is 3.49. The largest absolute Gasteiger partial charge is 0.456 e. The third-order valence-electron chi connectivity index (χ3n) is 6.50. The fraction of sp³-hybridized carbons (Fsp3) is 0.654. The van der Waals surface area contributed by atoms with Crippen molar-refractivity contribution in [3.63, 3.8) is 0 Å². The molecule has 4 unspecified atom stereocenters. The van der Waals surface area contributed by atoms with Gasteiger partial charge in [-0.05, 0) is 0 Å². The molecule has 1 N–H and O–H groups in total. The second-order valence-corrected chi connectivity index (χ2v) is 10.7. The van der Waals surface area contributed by atoms with Crippen molar-refractivity contribution in [3.05, 3.63) is 38.0 Å². The lowest BCUT2D eigenvalue weighted by Gasteiger charge is -2.52. The van der Waals surface area contributed by atoms with Gasteiger partial charge in [-0.15, -0.1) is 0 Å². The third kappa shape index (κ3) is 11.4. The van der Waals surface area contributed by atoms with E-state index in [4.69, 9.17) is 5.11 Å². The summed E-state index contributed by atoms with van der Waals surface area (Å²) in [4.78, 5) is 33.6. The molecule has 0 aromatic rings. The Labute approximate surface area is 319 Å². The standard InChI is InChI=1S/C26H18F24O11/c1-4-11(52)55-8-15(28,20(34,35)36)59-24(45,46)18(23(43,44)58-14(27,7-51)19(31,32)33,25(47,48)60-16(29,21(37,38)39)9-56-12(53)5-2)26(49,50)61-17(30,22(40,41)42)10-57-13(54)6-3/h4-6,51H,1-3,7-10H2. The molecule has 0 rings (SSSR count). The molecular formula is C26H18F24O11. The Morgan fingerprint density at radius 1 is 0.377 bits per heavy atom. The molecule has 0 aliphatic rings. The van der Waals surface area contributed by atoms with Crippen molar-refractivity contribution in [2.75, 3.05) is 26.4 Å². The molecule has 0 amide bonds. The highest BCUT2D eigenvalue weighted by Gasteiger charge is 2.98. The third-order valence-corrected chi connectivity index (χ3v) is 6.50. The number of hydrogen-bond acceptors (Lipinski definition) is 11. The monoisotopic (exact) mass is 962 g/mol. The van der Waals surface area contributed by atoms with Gasteiger partial charge < -0.3 is 19.3 Å². The topological polar surface area (TPSA) is 136 Å². The van der Waals surface area contributed by atoms with Gasteiger partial charge >= 0.3 is 95.9 Å². The zero-order valence-electron chi connectivity index (χ0n) is 28.3. The minimum Gasteiger partial charge on any atom is -0.456 e. The van der Waals surface area contributed by atoms with Gasteiger partial charge in [0.2, 0.25) is 0 Å². The van der Waals surface area contributed by atoms with Crippen LogP contribution in [-0.4, -0.2) is 122 Å². The van der Waals surface area contributed by atoms with E-state index in [9.17, 15) is 71.5 Å². The second-order valence-electron chi connectivity index (χ2n) is 10.7. The number of halogens is 24. The number of rotatable bonds is 22. The summed E-state index contributed by atoms with van der Waals surface area (Å²) in [6.45, 7) is -8.72. The Bertz CT molecular complexity index is 1460. The van der Waals surface area contributed by atoms with E-state index < -0.39 is 141 Å². The van der Waals surface area contributed by atoms with Crippen LogP contribution in [-0.2, 0) is 47.5 Å². The van der Waals surface area contributed by atoms with E-state index in [2.05, 4.69) is 33.9 Å². The first-order valence-electron chi connectivity index (χ1n) is 14.1. The highest BCUT2D eigenvalue weighted by atomic mass is 19.4. The van der Waals surface area contributed by atoms with Crippen molar-refractivity contribution < 1.29 is 158 Å². The zero-order valence-corrected chi connectivity index (χ0v) is 28.3. The first kappa shape index (κ1) is 56.8. The van der Waals surface area contributed by atoms with Crippen LogP contribution in [0.3, 0.4) is 0 Å². The van der Waals surface area contributed by atoms with Gasteiger partial charge in [-0.2, -0.15) is 105 Å².